The summed E-state index contributed by atoms with van der Waals surface area (Å²) >= 11 is 0. The van der Waals surface area contributed by atoms with E-state index in [-0.39, 0.29) is 11.4 Å². The topological polar surface area (TPSA) is 110 Å². The Kier molecular flexibility index (Phi) is 5.73. The first-order chi connectivity index (χ1) is 15.4. The summed E-state index contributed by atoms with van der Waals surface area (Å²) in [5.41, 5.74) is 10.4. The highest BCUT2D eigenvalue weighted by molar-refractivity contribution is 6.05. The van der Waals surface area contributed by atoms with Crippen LogP contribution in [0.4, 0.5) is 11.6 Å². The zero-order valence-electron chi connectivity index (χ0n) is 18.4. The molecule has 2 aromatic heterocycles. The van der Waals surface area contributed by atoms with Crippen molar-refractivity contribution < 1.29 is 0 Å². The molecule has 0 aliphatic rings. The third-order valence-electron chi connectivity index (χ3n) is 5.66. The monoisotopic (exact) mass is 426 g/mol. The number of nitrogen functional groups attached to an aromatic ring is 1. The van der Waals surface area contributed by atoms with Crippen LogP contribution in [0.1, 0.15) is 35.7 Å². The van der Waals surface area contributed by atoms with E-state index in [0.29, 0.717) is 35.4 Å². The van der Waals surface area contributed by atoms with Gasteiger partial charge in [0.25, 0.3) is 5.56 Å². The fourth-order valence-electron chi connectivity index (χ4n) is 3.98. The summed E-state index contributed by atoms with van der Waals surface area (Å²) in [7, 11) is 0. The van der Waals surface area contributed by atoms with Gasteiger partial charge in [0.05, 0.1) is 23.2 Å². The first-order valence-corrected chi connectivity index (χ1v) is 10.5. The zero-order chi connectivity index (χ0) is 22.8. The van der Waals surface area contributed by atoms with E-state index in [4.69, 9.17) is 11.1 Å². The van der Waals surface area contributed by atoms with Gasteiger partial charge in [0.15, 0.2) is 0 Å². The van der Waals surface area contributed by atoms with Crippen LogP contribution in [0.25, 0.3) is 16.5 Å². The zero-order valence-corrected chi connectivity index (χ0v) is 18.4. The molecule has 0 aliphatic heterocycles. The second-order valence-corrected chi connectivity index (χ2v) is 7.77. The third kappa shape index (κ3) is 3.73. The molecule has 0 spiro atoms. The van der Waals surface area contributed by atoms with Crippen molar-refractivity contribution >= 4 is 28.1 Å². The molecule has 0 atom stereocenters. The molecule has 0 saturated carbocycles. The molecule has 2 heterocycles. The smallest absolute Gasteiger partial charge is 0.263 e. The molecule has 4 N–H and O–H groups in total. The minimum atomic E-state index is -0.0598. The number of benzene rings is 2. The average Bonchev–Trinajstić information content (AvgIpc) is 2.78. The quantitative estimate of drug-likeness (QED) is 0.397. The number of nitrogens with zero attached hydrogens (tertiary/aromatic N) is 3. The minimum Gasteiger partial charge on any atom is -0.383 e. The van der Waals surface area contributed by atoms with E-state index >= 15 is 0 Å². The molecular weight excluding hydrogens is 400 g/mol. The van der Waals surface area contributed by atoms with Crippen LogP contribution in [0, 0.1) is 19.3 Å². The van der Waals surface area contributed by atoms with Gasteiger partial charge in [-0.05, 0) is 48.9 Å². The number of nitrogens with one attached hydrogen (secondary N) is 2. The van der Waals surface area contributed by atoms with Gasteiger partial charge in [-0.1, -0.05) is 43.3 Å². The van der Waals surface area contributed by atoms with Crippen molar-refractivity contribution in [2.24, 2.45) is 0 Å². The second-order valence-electron chi connectivity index (χ2n) is 7.77. The van der Waals surface area contributed by atoms with E-state index in [9.17, 15) is 4.79 Å². The van der Waals surface area contributed by atoms with Crippen LogP contribution in [0.15, 0.2) is 59.7 Å². The molecule has 4 rings (SSSR count). The Balaban J connectivity index is 1.88. The van der Waals surface area contributed by atoms with Gasteiger partial charge in [-0.25, -0.2) is 9.97 Å². The molecule has 0 saturated heterocycles. The third-order valence-corrected chi connectivity index (χ3v) is 5.66. The van der Waals surface area contributed by atoms with Gasteiger partial charge in [0.2, 0.25) is 0 Å². The van der Waals surface area contributed by atoms with Crippen molar-refractivity contribution in [3.8, 4) is 5.69 Å². The van der Waals surface area contributed by atoms with Gasteiger partial charge < -0.3 is 16.5 Å². The SMILES string of the molecule is CCC(=N)c1c(N)ncnc1NCc1cc2cccc(C)c2c(=O)n1-c1ccccc1C. The fourth-order valence-corrected chi connectivity index (χ4v) is 3.98. The maximum absolute atomic E-state index is 13.7. The van der Waals surface area contributed by atoms with Crippen LogP contribution >= 0.6 is 0 Å². The highest BCUT2D eigenvalue weighted by atomic mass is 16.1. The molecule has 4 aromatic rings. The van der Waals surface area contributed by atoms with E-state index in [1.165, 1.54) is 6.33 Å². The standard InChI is InChI=1S/C25H26N6O/c1-4-19(26)22-23(27)29-14-30-24(22)28-13-18-12-17-10-7-9-16(3)21(17)25(32)31(18)20-11-6-5-8-15(20)2/h5-12,14,26H,4,13H2,1-3H3,(H3,27,28,29,30). The van der Waals surface area contributed by atoms with Gasteiger partial charge in [-0.2, -0.15) is 0 Å². The molecule has 0 bridgehead atoms. The van der Waals surface area contributed by atoms with Crippen molar-refractivity contribution in [2.75, 3.05) is 11.1 Å². The molecule has 7 nitrogen and oxygen atoms in total. The Hall–Kier alpha value is -4.00. The van der Waals surface area contributed by atoms with Crippen LogP contribution in [0.5, 0.6) is 0 Å². The number of rotatable bonds is 6. The Labute approximate surface area is 186 Å². The summed E-state index contributed by atoms with van der Waals surface area (Å²) in [5.74, 6) is 0.747. The first kappa shape index (κ1) is 21.2. The minimum absolute atomic E-state index is 0.0598. The Morgan fingerprint density at radius 3 is 2.59 bits per heavy atom. The van der Waals surface area contributed by atoms with Gasteiger partial charge in [-0.15, -0.1) is 0 Å². The molecule has 0 radical (unpaired) electrons. The summed E-state index contributed by atoms with van der Waals surface area (Å²) in [4.78, 5) is 22.0. The Morgan fingerprint density at radius 2 is 1.84 bits per heavy atom. The van der Waals surface area contributed by atoms with Crippen LogP contribution in [0.2, 0.25) is 0 Å². The summed E-state index contributed by atoms with van der Waals surface area (Å²) < 4.78 is 1.76. The van der Waals surface area contributed by atoms with E-state index in [0.717, 1.165) is 27.9 Å². The van der Waals surface area contributed by atoms with E-state index < -0.39 is 0 Å². The van der Waals surface area contributed by atoms with Crippen LogP contribution in [-0.4, -0.2) is 20.2 Å². The maximum Gasteiger partial charge on any atom is 0.263 e. The lowest BCUT2D eigenvalue weighted by Crippen LogP contribution is -2.25. The summed E-state index contributed by atoms with van der Waals surface area (Å²) in [6.07, 6.45) is 1.89. The molecular formula is C25H26N6O. The lowest BCUT2D eigenvalue weighted by atomic mass is 10.1. The Bertz CT molecular complexity index is 1390. The average molecular weight is 427 g/mol. The van der Waals surface area contributed by atoms with E-state index in [1.54, 1.807) is 4.57 Å². The first-order valence-electron chi connectivity index (χ1n) is 10.5. The fraction of sp³-hybridized carbons (Fsp3) is 0.200. The number of anilines is 2. The lowest BCUT2D eigenvalue weighted by molar-refractivity contribution is 0.883. The van der Waals surface area contributed by atoms with Crippen molar-refractivity contribution in [1.29, 1.82) is 5.41 Å². The molecule has 7 heteroatoms. The molecule has 0 aliphatic carbocycles. The highest BCUT2D eigenvalue weighted by Gasteiger charge is 2.17. The second kappa shape index (κ2) is 8.63. The van der Waals surface area contributed by atoms with Gasteiger partial charge >= 0.3 is 0 Å². The van der Waals surface area contributed by atoms with Crippen LogP contribution in [-0.2, 0) is 6.54 Å². The predicted molar refractivity (Wildman–Crippen MR) is 130 cm³/mol. The van der Waals surface area contributed by atoms with Crippen molar-refractivity contribution in [1.82, 2.24) is 14.5 Å². The number of pyridine rings is 1. The van der Waals surface area contributed by atoms with E-state index in [2.05, 4.69) is 15.3 Å². The lowest BCUT2D eigenvalue weighted by Gasteiger charge is -2.19. The molecule has 0 unspecified atom stereocenters. The number of para-hydroxylation sites is 1. The van der Waals surface area contributed by atoms with Crippen molar-refractivity contribution in [2.45, 2.75) is 33.7 Å². The van der Waals surface area contributed by atoms with Crippen LogP contribution in [0.3, 0.4) is 0 Å². The molecule has 0 fully saturated rings. The van der Waals surface area contributed by atoms with Crippen molar-refractivity contribution in [3.63, 3.8) is 0 Å². The molecule has 32 heavy (non-hydrogen) atoms. The predicted octanol–water partition coefficient (Wildman–Crippen LogP) is 4.37. The maximum atomic E-state index is 13.7. The number of fused-ring (bicyclic) bond motifs is 1. The molecule has 0 amide bonds. The molecule has 162 valence electrons. The number of hydrogen-bond donors (Lipinski definition) is 3. The van der Waals surface area contributed by atoms with E-state index in [1.807, 2.05) is 69.3 Å². The summed E-state index contributed by atoms with van der Waals surface area (Å²) in [6, 6.07) is 15.7. The number of nitrogens with two attached hydrogens (primary N) is 1. The van der Waals surface area contributed by atoms with Crippen molar-refractivity contribution in [3.05, 3.63) is 87.6 Å². The number of hydrogen-bond acceptors (Lipinski definition) is 6. The molecule has 2 aromatic carbocycles. The largest absolute Gasteiger partial charge is 0.383 e. The summed E-state index contributed by atoms with van der Waals surface area (Å²) in [5, 5.41) is 13.1. The summed E-state index contributed by atoms with van der Waals surface area (Å²) in [6.45, 7) is 6.16. The van der Waals surface area contributed by atoms with Crippen LogP contribution < -0.4 is 16.6 Å². The van der Waals surface area contributed by atoms with Gasteiger partial charge in [0, 0.05) is 11.4 Å². The Morgan fingerprint density at radius 1 is 1.09 bits per heavy atom. The van der Waals surface area contributed by atoms with Gasteiger partial charge in [0.1, 0.15) is 18.0 Å². The highest BCUT2D eigenvalue weighted by Crippen LogP contribution is 2.23. The normalized spacial score (nSPS) is 11.0. The van der Waals surface area contributed by atoms with Gasteiger partial charge in [-0.3, -0.25) is 9.36 Å². The number of aromatic nitrogens is 3. The number of aryl methyl sites for hydroxylation is 2.